The van der Waals surface area contributed by atoms with Gasteiger partial charge >= 0.3 is 0 Å². The highest BCUT2D eigenvalue weighted by molar-refractivity contribution is 6.09. The summed E-state index contributed by atoms with van der Waals surface area (Å²) in [5.41, 5.74) is 0.855. The molecular weight excluding hydrogens is 271 g/mol. The van der Waals surface area contributed by atoms with E-state index in [4.69, 9.17) is 0 Å². The van der Waals surface area contributed by atoms with Crippen LogP contribution in [0.4, 0.5) is 4.39 Å². The van der Waals surface area contributed by atoms with Gasteiger partial charge in [-0.05, 0) is 24.6 Å². The minimum Gasteiger partial charge on any atom is -0.342 e. The van der Waals surface area contributed by atoms with Crippen LogP contribution in [-0.4, -0.2) is 34.9 Å². The maximum Gasteiger partial charge on any atom is 0.255 e. The zero-order chi connectivity index (χ0) is 15.6. The molecule has 0 saturated carbocycles. The fraction of sp³-hybridized carbons (Fsp3) is 0.375. The molecule has 0 aliphatic rings. The summed E-state index contributed by atoms with van der Waals surface area (Å²) >= 11 is 0. The lowest BCUT2D eigenvalue weighted by Gasteiger charge is -2.16. The van der Waals surface area contributed by atoms with Crippen LogP contribution in [0.1, 0.15) is 41.8 Å². The van der Waals surface area contributed by atoms with Crippen LogP contribution in [-0.2, 0) is 0 Å². The zero-order valence-corrected chi connectivity index (χ0v) is 12.5. The van der Waals surface area contributed by atoms with E-state index in [1.165, 1.54) is 29.8 Å². The Morgan fingerprint density at radius 1 is 1.33 bits per heavy atom. The third-order valence-corrected chi connectivity index (χ3v) is 3.53. The van der Waals surface area contributed by atoms with Gasteiger partial charge in [-0.15, -0.1) is 0 Å². The number of amides is 1. The lowest BCUT2D eigenvalue weighted by atomic mass is 10.1. The Hall–Kier alpha value is -2.17. The van der Waals surface area contributed by atoms with E-state index in [2.05, 4.69) is 6.92 Å². The lowest BCUT2D eigenvalue weighted by molar-refractivity contribution is 0.0795. The Bertz CT molecular complexity index is 691. The van der Waals surface area contributed by atoms with E-state index in [9.17, 15) is 14.0 Å². The Balaban J connectivity index is 2.49. The van der Waals surface area contributed by atoms with Gasteiger partial charge in [0.05, 0.1) is 11.1 Å². The van der Waals surface area contributed by atoms with Gasteiger partial charge < -0.3 is 4.90 Å². The minimum absolute atomic E-state index is 0.153. The first-order chi connectivity index (χ1) is 9.95. The van der Waals surface area contributed by atoms with Gasteiger partial charge in [0, 0.05) is 32.1 Å². The molecule has 1 amide bonds. The Morgan fingerprint density at radius 2 is 2.05 bits per heavy atom. The van der Waals surface area contributed by atoms with Gasteiger partial charge in [0.15, 0.2) is 0 Å². The molecule has 112 valence electrons. The van der Waals surface area contributed by atoms with Crippen LogP contribution in [0.15, 0.2) is 24.4 Å². The summed E-state index contributed by atoms with van der Waals surface area (Å²) in [5.74, 6) is -0.831. The standard InChI is InChI=1S/C16H19FN2O2/c1-4-5-8-18(3)16(21)14-10-19(11(2)20)15-9-12(17)6-7-13(14)15/h6-7,9-10H,4-5,8H2,1-3H3. The number of carbonyl (C=O) groups excluding carboxylic acids is 2. The van der Waals surface area contributed by atoms with Crippen molar-refractivity contribution < 1.29 is 14.0 Å². The summed E-state index contributed by atoms with van der Waals surface area (Å²) in [7, 11) is 1.73. The highest BCUT2D eigenvalue weighted by Crippen LogP contribution is 2.23. The number of aromatic nitrogens is 1. The van der Waals surface area contributed by atoms with E-state index in [-0.39, 0.29) is 11.8 Å². The Labute approximate surface area is 123 Å². The first-order valence-corrected chi connectivity index (χ1v) is 7.02. The summed E-state index contributed by atoms with van der Waals surface area (Å²) in [4.78, 5) is 25.8. The summed E-state index contributed by atoms with van der Waals surface area (Å²) in [6, 6.07) is 4.13. The molecule has 21 heavy (non-hydrogen) atoms. The predicted octanol–water partition coefficient (Wildman–Crippen LogP) is 3.31. The topological polar surface area (TPSA) is 42.3 Å². The molecule has 0 bridgehead atoms. The van der Waals surface area contributed by atoms with Crippen molar-refractivity contribution in [2.75, 3.05) is 13.6 Å². The number of rotatable bonds is 4. The molecule has 1 aromatic carbocycles. The van der Waals surface area contributed by atoms with Gasteiger partial charge in [-0.2, -0.15) is 0 Å². The molecule has 0 saturated heterocycles. The zero-order valence-electron chi connectivity index (χ0n) is 12.5. The van der Waals surface area contributed by atoms with Crippen LogP contribution in [0.5, 0.6) is 0 Å². The fourth-order valence-electron chi connectivity index (χ4n) is 2.33. The fourth-order valence-corrected chi connectivity index (χ4v) is 2.33. The van der Waals surface area contributed by atoms with Gasteiger partial charge in [-0.1, -0.05) is 13.3 Å². The number of unbranched alkanes of at least 4 members (excludes halogenated alkanes) is 1. The molecule has 0 aliphatic carbocycles. The quantitative estimate of drug-likeness (QED) is 0.867. The van der Waals surface area contributed by atoms with Crippen molar-refractivity contribution in [2.24, 2.45) is 0 Å². The monoisotopic (exact) mass is 290 g/mol. The minimum atomic E-state index is -0.429. The van der Waals surface area contributed by atoms with Crippen molar-refractivity contribution in [3.63, 3.8) is 0 Å². The summed E-state index contributed by atoms with van der Waals surface area (Å²) < 4.78 is 14.7. The number of carbonyl (C=O) groups is 2. The smallest absolute Gasteiger partial charge is 0.255 e. The molecule has 0 radical (unpaired) electrons. The highest BCUT2D eigenvalue weighted by atomic mass is 19.1. The van der Waals surface area contributed by atoms with Crippen molar-refractivity contribution in [3.05, 3.63) is 35.8 Å². The molecule has 0 atom stereocenters. The number of hydrogen-bond acceptors (Lipinski definition) is 2. The van der Waals surface area contributed by atoms with Gasteiger partial charge in [0.2, 0.25) is 5.91 Å². The highest BCUT2D eigenvalue weighted by Gasteiger charge is 2.19. The van der Waals surface area contributed by atoms with Gasteiger partial charge in [-0.3, -0.25) is 14.2 Å². The van der Waals surface area contributed by atoms with E-state index in [1.54, 1.807) is 18.0 Å². The van der Waals surface area contributed by atoms with Crippen molar-refractivity contribution >= 4 is 22.7 Å². The van der Waals surface area contributed by atoms with Crippen LogP contribution in [0, 0.1) is 5.82 Å². The number of fused-ring (bicyclic) bond motifs is 1. The van der Waals surface area contributed by atoms with E-state index in [1.807, 2.05) is 0 Å². The Morgan fingerprint density at radius 3 is 2.67 bits per heavy atom. The van der Waals surface area contributed by atoms with Crippen LogP contribution >= 0.6 is 0 Å². The summed E-state index contributed by atoms with van der Waals surface area (Å²) in [5, 5.41) is 0.597. The molecule has 0 fully saturated rings. The third kappa shape index (κ3) is 2.96. The number of halogens is 1. The molecule has 4 nitrogen and oxygen atoms in total. The molecule has 0 unspecified atom stereocenters. The molecule has 0 spiro atoms. The van der Waals surface area contributed by atoms with Crippen molar-refractivity contribution in [1.29, 1.82) is 0 Å². The van der Waals surface area contributed by atoms with Crippen LogP contribution in [0.25, 0.3) is 10.9 Å². The summed E-state index contributed by atoms with van der Waals surface area (Å²) in [6.45, 7) is 4.10. The molecule has 0 aliphatic heterocycles. The van der Waals surface area contributed by atoms with Crippen LogP contribution < -0.4 is 0 Å². The van der Waals surface area contributed by atoms with Crippen molar-refractivity contribution in [1.82, 2.24) is 9.47 Å². The Kier molecular flexibility index (Phi) is 4.40. The molecular formula is C16H19FN2O2. The predicted molar refractivity (Wildman–Crippen MR) is 80.1 cm³/mol. The normalized spacial score (nSPS) is 10.9. The first kappa shape index (κ1) is 15.2. The third-order valence-electron chi connectivity index (χ3n) is 3.53. The van der Waals surface area contributed by atoms with E-state index >= 15 is 0 Å². The number of hydrogen-bond donors (Lipinski definition) is 0. The van der Waals surface area contributed by atoms with Gasteiger partial charge in [0.25, 0.3) is 5.91 Å². The van der Waals surface area contributed by atoms with E-state index in [0.29, 0.717) is 23.0 Å². The van der Waals surface area contributed by atoms with Gasteiger partial charge in [-0.25, -0.2) is 4.39 Å². The number of benzene rings is 1. The van der Waals surface area contributed by atoms with Crippen LogP contribution in [0.3, 0.4) is 0 Å². The van der Waals surface area contributed by atoms with E-state index < -0.39 is 5.82 Å². The largest absolute Gasteiger partial charge is 0.342 e. The van der Waals surface area contributed by atoms with Crippen molar-refractivity contribution in [2.45, 2.75) is 26.7 Å². The second-order valence-corrected chi connectivity index (χ2v) is 5.17. The summed E-state index contributed by atoms with van der Waals surface area (Å²) in [6.07, 6.45) is 3.41. The van der Waals surface area contributed by atoms with Crippen molar-refractivity contribution in [3.8, 4) is 0 Å². The molecule has 0 N–H and O–H groups in total. The van der Waals surface area contributed by atoms with E-state index in [0.717, 1.165) is 12.8 Å². The first-order valence-electron chi connectivity index (χ1n) is 7.02. The average Bonchev–Trinajstić information content (AvgIpc) is 2.82. The van der Waals surface area contributed by atoms with Crippen LogP contribution in [0.2, 0.25) is 0 Å². The second-order valence-electron chi connectivity index (χ2n) is 5.17. The average molecular weight is 290 g/mol. The second kappa shape index (κ2) is 6.08. The molecule has 1 heterocycles. The molecule has 5 heteroatoms. The SMILES string of the molecule is CCCCN(C)C(=O)c1cn(C(C)=O)c2cc(F)ccc12. The molecule has 2 aromatic rings. The maximum absolute atomic E-state index is 13.4. The lowest BCUT2D eigenvalue weighted by Crippen LogP contribution is -2.27. The maximum atomic E-state index is 13.4. The van der Waals surface area contributed by atoms with Gasteiger partial charge in [0.1, 0.15) is 5.82 Å². The molecule has 1 aromatic heterocycles. The molecule has 2 rings (SSSR count). The number of nitrogens with zero attached hydrogens (tertiary/aromatic N) is 2.